The minimum Gasteiger partial charge on any atom is -0.325 e. The molecule has 2 heterocycles. The topological polar surface area (TPSA) is 69.8 Å². The Morgan fingerprint density at radius 1 is 1.38 bits per heavy atom. The Hall–Kier alpha value is -2.14. The Bertz CT molecular complexity index is 608. The van der Waals surface area contributed by atoms with Crippen molar-refractivity contribution < 1.29 is 4.79 Å². The Labute approximate surface area is 124 Å². The predicted molar refractivity (Wildman–Crippen MR) is 82.8 cm³/mol. The number of aromatic nitrogens is 2. The number of amides is 1. The Balaban J connectivity index is 1.73. The highest BCUT2D eigenvalue weighted by Crippen LogP contribution is 2.22. The molecular weight excluding hydrogens is 264 g/mol. The largest absolute Gasteiger partial charge is 0.325 e. The third-order valence-electron chi connectivity index (χ3n) is 3.99. The van der Waals surface area contributed by atoms with Gasteiger partial charge in [0.2, 0.25) is 5.91 Å². The lowest BCUT2D eigenvalue weighted by atomic mass is 9.92. The number of nitrogens with one attached hydrogen (secondary N) is 3. The van der Waals surface area contributed by atoms with Gasteiger partial charge in [-0.1, -0.05) is 19.1 Å². The van der Waals surface area contributed by atoms with E-state index in [9.17, 15) is 4.79 Å². The summed E-state index contributed by atoms with van der Waals surface area (Å²) in [7, 11) is 0. The predicted octanol–water partition coefficient (Wildman–Crippen LogP) is 2.40. The van der Waals surface area contributed by atoms with Crippen LogP contribution in [0.25, 0.3) is 11.3 Å². The second kappa shape index (κ2) is 6.10. The normalized spacial score (nSPS) is 22.0. The number of piperidine rings is 1. The van der Waals surface area contributed by atoms with E-state index in [1.807, 2.05) is 30.3 Å². The van der Waals surface area contributed by atoms with Gasteiger partial charge in [0, 0.05) is 17.4 Å². The number of H-pyrrole nitrogens is 1. The van der Waals surface area contributed by atoms with Gasteiger partial charge in [0.25, 0.3) is 0 Å². The van der Waals surface area contributed by atoms with Gasteiger partial charge in [-0.15, -0.1) is 0 Å². The standard InChI is InChI=1S/C16H20N4O/c1-11-4-3-8-17-15(11)16(21)19-13-6-2-5-12(10-13)14-7-9-18-20-14/h2,5-7,9-11,15,17H,3-4,8H2,1H3,(H,18,20)(H,19,21). The zero-order chi connectivity index (χ0) is 14.7. The van der Waals surface area contributed by atoms with Gasteiger partial charge in [-0.25, -0.2) is 0 Å². The van der Waals surface area contributed by atoms with Crippen LogP contribution in [0.3, 0.4) is 0 Å². The number of hydrogen-bond acceptors (Lipinski definition) is 3. The van der Waals surface area contributed by atoms with Crippen LogP contribution in [0.15, 0.2) is 36.5 Å². The van der Waals surface area contributed by atoms with Crippen LogP contribution < -0.4 is 10.6 Å². The molecule has 3 rings (SSSR count). The Morgan fingerprint density at radius 3 is 3.05 bits per heavy atom. The van der Waals surface area contributed by atoms with Crippen molar-refractivity contribution in [2.75, 3.05) is 11.9 Å². The monoisotopic (exact) mass is 284 g/mol. The SMILES string of the molecule is CC1CCCNC1C(=O)Nc1cccc(-c2ccn[nH]2)c1. The smallest absolute Gasteiger partial charge is 0.241 e. The minimum absolute atomic E-state index is 0.0453. The van der Waals surface area contributed by atoms with Gasteiger partial charge in [0.1, 0.15) is 0 Å². The number of hydrogen-bond donors (Lipinski definition) is 3. The molecular formula is C16H20N4O. The molecule has 0 aliphatic carbocycles. The number of anilines is 1. The van der Waals surface area contributed by atoms with E-state index in [1.165, 1.54) is 0 Å². The quantitative estimate of drug-likeness (QED) is 0.810. The summed E-state index contributed by atoms with van der Waals surface area (Å²) in [6, 6.07) is 9.60. The van der Waals surface area contributed by atoms with E-state index in [1.54, 1.807) is 6.20 Å². The minimum atomic E-state index is -0.102. The highest BCUT2D eigenvalue weighted by Gasteiger charge is 2.27. The van der Waals surface area contributed by atoms with Gasteiger partial charge in [0.15, 0.2) is 0 Å². The summed E-state index contributed by atoms with van der Waals surface area (Å²) < 4.78 is 0. The summed E-state index contributed by atoms with van der Waals surface area (Å²) in [5.41, 5.74) is 2.76. The lowest BCUT2D eigenvalue weighted by Gasteiger charge is -2.28. The van der Waals surface area contributed by atoms with Crippen LogP contribution in [-0.2, 0) is 4.79 Å². The Kier molecular flexibility index (Phi) is 4.01. The molecule has 1 fully saturated rings. The van der Waals surface area contributed by atoms with E-state index in [0.717, 1.165) is 36.3 Å². The molecule has 3 N–H and O–H groups in total. The van der Waals surface area contributed by atoms with Crippen LogP contribution >= 0.6 is 0 Å². The first kappa shape index (κ1) is 13.8. The van der Waals surface area contributed by atoms with Crippen LogP contribution in [-0.4, -0.2) is 28.7 Å². The molecule has 110 valence electrons. The molecule has 5 nitrogen and oxygen atoms in total. The lowest BCUT2D eigenvalue weighted by Crippen LogP contribution is -2.48. The number of carbonyl (C=O) groups is 1. The second-order valence-corrected chi connectivity index (χ2v) is 5.59. The summed E-state index contributed by atoms with van der Waals surface area (Å²) >= 11 is 0. The highest BCUT2D eigenvalue weighted by molar-refractivity contribution is 5.95. The molecule has 1 aromatic carbocycles. The van der Waals surface area contributed by atoms with Crippen molar-refractivity contribution in [2.24, 2.45) is 5.92 Å². The van der Waals surface area contributed by atoms with Gasteiger partial charge in [-0.05, 0) is 43.5 Å². The van der Waals surface area contributed by atoms with E-state index in [2.05, 4.69) is 27.8 Å². The van der Waals surface area contributed by atoms with E-state index < -0.39 is 0 Å². The number of rotatable bonds is 3. The third kappa shape index (κ3) is 3.13. The fourth-order valence-electron chi connectivity index (χ4n) is 2.80. The van der Waals surface area contributed by atoms with Gasteiger partial charge in [-0.2, -0.15) is 5.10 Å². The molecule has 0 radical (unpaired) electrons. The molecule has 0 bridgehead atoms. The van der Waals surface area contributed by atoms with E-state index in [4.69, 9.17) is 0 Å². The van der Waals surface area contributed by atoms with Crippen molar-refractivity contribution >= 4 is 11.6 Å². The molecule has 1 aliphatic rings. The van der Waals surface area contributed by atoms with Crippen LogP contribution in [0, 0.1) is 5.92 Å². The molecule has 5 heteroatoms. The molecule has 0 saturated carbocycles. The maximum absolute atomic E-state index is 12.4. The molecule has 1 saturated heterocycles. The zero-order valence-electron chi connectivity index (χ0n) is 12.1. The van der Waals surface area contributed by atoms with Crippen molar-refractivity contribution in [1.29, 1.82) is 0 Å². The molecule has 21 heavy (non-hydrogen) atoms. The molecule has 2 atom stereocenters. The first-order valence-corrected chi connectivity index (χ1v) is 7.38. The maximum Gasteiger partial charge on any atom is 0.241 e. The van der Waals surface area contributed by atoms with Gasteiger partial charge in [-0.3, -0.25) is 9.89 Å². The van der Waals surface area contributed by atoms with E-state index >= 15 is 0 Å². The first-order chi connectivity index (χ1) is 10.2. The van der Waals surface area contributed by atoms with Crippen molar-refractivity contribution in [3.63, 3.8) is 0 Å². The van der Waals surface area contributed by atoms with Gasteiger partial charge in [0.05, 0.1) is 11.7 Å². The van der Waals surface area contributed by atoms with Crippen LogP contribution in [0.1, 0.15) is 19.8 Å². The summed E-state index contributed by atoms with van der Waals surface area (Å²) in [4.78, 5) is 12.4. The summed E-state index contributed by atoms with van der Waals surface area (Å²) in [6.07, 6.45) is 3.95. The first-order valence-electron chi connectivity index (χ1n) is 7.38. The summed E-state index contributed by atoms with van der Waals surface area (Å²) in [5.74, 6) is 0.415. The number of carbonyl (C=O) groups excluding carboxylic acids is 1. The summed E-state index contributed by atoms with van der Waals surface area (Å²) in [6.45, 7) is 3.04. The van der Waals surface area contributed by atoms with Gasteiger partial charge >= 0.3 is 0 Å². The summed E-state index contributed by atoms with van der Waals surface area (Å²) in [5, 5.41) is 13.2. The van der Waals surface area contributed by atoms with E-state index in [0.29, 0.717) is 5.92 Å². The molecule has 2 aromatic rings. The molecule has 1 aromatic heterocycles. The second-order valence-electron chi connectivity index (χ2n) is 5.59. The number of aromatic amines is 1. The van der Waals surface area contributed by atoms with E-state index in [-0.39, 0.29) is 11.9 Å². The molecule has 0 spiro atoms. The molecule has 2 unspecified atom stereocenters. The molecule has 1 amide bonds. The average Bonchev–Trinajstić information content (AvgIpc) is 3.02. The van der Waals surface area contributed by atoms with Crippen molar-refractivity contribution in [3.05, 3.63) is 36.5 Å². The number of benzene rings is 1. The number of nitrogens with zero attached hydrogens (tertiary/aromatic N) is 1. The van der Waals surface area contributed by atoms with Crippen LogP contribution in [0.5, 0.6) is 0 Å². The van der Waals surface area contributed by atoms with Crippen molar-refractivity contribution in [3.8, 4) is 11.3 Å². The third-order valence-corrected chi connectivity index (χ3v) is 3.99. The van der Waals surface area contributed by atoms with Crippen molar-refractivity contribution in [2.45, 2.75) is 25.8 Å². The zero-order valence-corrected chi connectivity index (χ0v) is 12.1. The molecule has 1 aliphatic heterocycles. The fraction of sp³-hybridized carbons (Fsp3) is 0.375. The van der Waals surface area contributed by atoms with Crippen molar-refractivity contribution in [1.82, 2.24) is 15.5 Å². The van der Waals surface area contributed by atoms with Crippen LogP contribution in [0.2, 0.25) is 0 Å². The fourth-order valence-corrected chi connectivity index (χ4v) is 2.80. The van der Waals surface area contributed by atoms with Crippen LogP contribution in [0.4, 0.5) is 5.69 Å². The highest BCUT2D eigenvalue weighted by atomic mass is 16.2. The Morgan fingerprint density at radius 2 is 2.29 bits per heavy atom. The maximum atomic E-state index is 12.4. The lowest BCUT2D eigenvalue weighted by molar-refractivity contribution is -0.119. The van der Waals surface area contributed by atoms with Gasteiger partial charge < -0.3 is 10.6 Å². The average molecular weight is 284 g/mol.